The summed E-state index contributed by atoms with van der Waals surface area (Å²) in [5, 5.41) is 0.576. The van der Waals surface area contributed by atoms with Gasteiger partial charge in [-0.25, -0.2) is 0 Å². The van der Waals surface area contributed by atoms with E-state index in [1.54, 1.807) is 24.3 Å². The van der Waals surface area contributed by atoms with Crippen molar-refractivity contribution in [1.29, 1.82) is 0 Å². The molecule has 4 heteroatoms. The molecule has 0 aliphatic carbocycles. The first kappa shape index (κ1) is 14.1. The maximum Gasteiger partial charge on any atom is 0.258 e. The molecule has 0 radical (unpaired) electrons. The Hall–Kier alpha value is -1.84. The molecule has 1 amide bonds. The van der Waals surface area contributed by atoms with Crippen molar-refractivity contribution in [2.45, 2.75) is 19.4 Å². The highest BCUT2D eigenvalue weighted by Gasteiger charge is 2.26. The molecule has 0 unspecified atom stereocenters. The van der Waals surface area contributed by atoms with Crippen molar-refractivity contribution in [2.24, 2.45) is 5.73 Å². The van der Waals surface area contributed by atoms with Crippen LogP contribution in [0.4, 0.5) is 5.69 Å². The van der Waals surface area contributed by atoms with E-state index >= 15 is 0 Å². The average molecular weight is 301 g/mol. The summed E-state index contributed by atoms with van der Waals surface area (Å²) in [6, 6.07) is 13.2. The van der Waals surface area contributed by atoms with Gasteiger partial charge in [0, 0.05) is 28.9 Å². The zero-order valence-electron chi connectivity index (χ0n) is 11.8. The number of rotatable bonds is 2. The van der Waals surface area contributed by atoms with Gasteiger partial charge in [-0.15, -0.1) is 0 Å². The largest absolute Gasteiger partial charge is 0.324 e. The molecule has 2 aromatic rings. The second kappa shape index (κ2) is 5.51. The van der Waals surface area contributed by atoms with Gasteiger partial charge in [0.1, 0.15) is 0 Å². The van der Waals surface area contributed by atoms with Crippen LogP contribution in [0.25, 0.3) is 0 Å². The highest BCUT2D eigenvalue weighted by Crippen LogP contribution is 2.31. The molecule has 0 saturated carbocycles. The molecule has 3 nitrogen and oxygen atoms in total. The van der Waals surface area contributed by atoms with Gasteiger partial charge in [-0.1, -0.05) is 29.8 Å². The Balaban J connectivity index is 1.92. The minimum atomic E-state index is -0.00945. The molecular weight excluding hydrogens is 284 g/mol. The van der Waals surface area contributed by atoms with Crippen LogP contribution in [0.3, 0.4) is 0 Å². The summed E-state index contributed by atoms with van der Waals surface area (Å²) in [5.74, 6) is -0.00945. The first-order chi connectivity index (χ1) is 10.1. The molecule has 0 saturated heterocycles. The Morgan fingerprint density at radius 2 is 2.10 bits per heavy atom. The first-order valence-corrected chi connectivity index (χ1v) is 7.40. The second-order valence-corrected chi connectivity index (χ2v) is 5.83. The van der Waals surface area contributed by atoms with Gasteiger partial charge in [0.25, 0.3) is 5.91 Å². The monoisotopic (exact) mass is 300 g/mol. The number of nitrogens with two attached hydrogens (primary N) is 1. The number of amides is 1. The Bertz CT molecular complexity index is 697. The van der Waals surface area contributed by atoms with E-state index in [-0.39, 0.29) is 11.9 Å². The van der Waals surface area contributed by atoms with Gasteiger partial charge in [-0.3, -0.25) is 4.79 Å². The summed E-state index contributed by atoms with van der Waals surface area (Å²) < 4.78 is 0. The molecule has 1 atom stereocenters. The Morgan fingerprint density at radius 3 is 2.81 bits per heavy atom. The first-order valence-electron chi connectivity index (χ1n) is 7.02. The van der Waals surface area contributed by atoms with Crippen molar-refractivity contribution >= 4 is 23.2 Å². The average Bonchev–Trinajstić information content (AvgIpc) is 2.89. The quantitative estimate of drug-likeness (QED) is 0.921. The lowest BCUT2D eigenvalue weighted by molar-refractivity contribution is 0.0989. The molecule has 0 aromatic heterocycles. The van der Waals surface area contributed by atoms with Gasteiger partial charge in [0.15, 0.2) is 0 Å². The van der Waals surface area contributed by atoms with E-state index in [1.165, 1.54) is 5.56 Å². The lowest BCUT2D eigenvalue weighted by atomic mass is 10.0. The number of hydrogen-bond donors (Lipinski definition) is 1. The number of anilines is 1. The second-order valence-electron chi connectivity index (χ2n) is 5.39. The van der Waals surface area contributed by atoms with Gasteiger partial charge in [-0.05, 0) is 48.7 Å². The molecule has 2 N–H and O–H groups in total. The van der Waals surface area contributed by atoms with Gasteiger partial charge >= 0.3 is 0 Å². The van der Waals surface area contributed by atoms with Crippen molar-refractivity contribution < 1.29 is 4.79 Å². The van der Waals surface area contributed by atoms with E-state index in [9.17, 15) is 4.79 Å². The van der Waals surface area contributed by atoms with Crippen LogP contribution in [-0.2, 0) is 6.42 Å². The van der Waals surface area contributed by atoms with Gasteiger partial charge in [0.2, 0.25) is 0 Å². The zero-order valence-corrected chi connectivity index (χ0v) is 12.6. The summed E-state index contributed by atoms with van der Waals surface area (Å²) in [7, 11) is 0. The topological polar surface area (TPSA) is 46.3 Å². The van der Waals surface area contributed by atoms with Crippen molar-refractivity contribution in [2.75, 3.05) is 11.4 Å². The van der Waals surface area contributed by atoms with Crippen LogP contribution in [0.2, 0.25) is 5.02 Å². The maximum atomic E-state index is 12.6. The number of fused-ring (bicyclic) bond motifs is 1. The van der Waals surface area contributed by atoms with Crippen molar-refractivity contribution in [1.82, 2.24) is 0 Å². The van der Waals surface area contributed by atoms with E-state index in [0.717, 1.165) is 17.7 Å². The number of carbonyl (C=O) groups is 1. The number of carbonyl (C=O) groups excluding carboxylic acids is 1. The molecule has 1 heterocycles. The SMILES string of the molecule is C[C@@H](N)c1ccc2c(c1)CCN2C(=O)c1cccc(Cl)c1. The fraction of sp³-hybridized carbons (Fsp3) is 0.235. The van der Waals surface area contributed by atoms with Gasteiger partial charge in [0.05, 0.1) is 0 Å². The van der Waals surface area contributed by atoms with Gasteiger partial charge < -0.3 is 10.6 Å². The molecule has 0 bridgehead atoms. The van der Waals surface area contributed by atoms with Crippen molar-refractivity contribution in [3.63, 3.8) is 0 Å². The molecule has 108 valence electrons. The maximum absolute atomic E-state index is 12.6. The molecule has 21 heavy (non-hydrogen) atoms. The lowest BCUT2D eigenvalue weighted by Gasteiger charge is -2.18. The van der Waals surface area contributed by atoms with Crippen molar-refractivity contribution in [3.05, 3.63) is 64.2 Å². The third-order valence-corrected chi connectivity index (χ3v) is 4.08. The third-order valence-electron chi connectivity index (χ3n) is 3.84. The smallest absolute Gasteiger partial charge is 0.258 e. The number of halogens is 1. The van der Waals surface area contributed by atoms with E-state index in [4.69, 9.17) is 17.3 Å². The molecule has 1 aliphatic rings. The Morgan fingerprint density at radius 1 is 1.29 bits per heavy atom. The fourth-order valence-corrected chi connectivity index (χ4v) is 2.88. The lowest BCUT2D eigenvalue weighted by Crippen LogP contribution is -2.28. The van der Waals surface area contributed by atoms with Gasteiger partial charge in [-0.2, -0.15) is 0 Å². The number of hydrogen-bond acceptors (Lipinski definition) is 2. The normalized spacial score (nSPS) is 14.9. The minimum Gasteiger partial charge on any atom is -0.324 e. The predicted molar refractivity (Wildman–Crippen MR) is 85.9 cm³/mol. The summed E-state index contributed by atoms with van der Waals surface area (Å²) in [6.07, 6.45) is 0.863. The standard InChI is InChI=1S/C17H17ClN2O/c1-11(19)12-5-6-16-13(9-12)7-8-20(16)17(21)14-3-2-4-15(18)10-14/h2-6,9-11H,7-8,19H2,1H3/t11-/m1/s1. The van der Waals surface area contributed by atoms with E-state index in [1.807, 2.05) is 24.0 Å². The molecule has 3 rings (SSSR count). The molecule has 0 fully saturated rings. The van der Waals surface area contributed by atoms with Crippen LogP contribution in [0.5, 0.6) is 0 Å². The molecule has 2 aromatic carbocycles. The van der Waals surface area contributed by atoms with Crippen molar-refractivity contribution in [3.8, 4) is 0 Å². The number of nitrogens with zero attached hydrogens (tertiary/aromatic N) is 1. The third kappa shape index (κ3) is 2.67. The Kier molecular flexibility index (Phi) is 3.70. The van der Waals surface area contributed by atoms with E-state index < -0.39 is 0 Å². The minimum absolute atomic E-state index is 0.00739. The predicted octanol–water partition coefficient (Wildman–Crippen LogP) is 3.56. The van der Waals surface area contributed by atoms with E-state index in [2.05, 4.69) is 6.07 Å². The van der Waals surface area contributed by atoms with Crippen LogP contribution in [0.15, 0.2) is 42.5 Å². The molecule has 0 spiro atoms. The van der Waals surface area contributed by atoms with E-state index in [0.29, 0.717) is 17.1 Å². The summed E-state index contributed by atoms with van der Waals surface area (Å²) in [4.78, 5) is 14.4. The van der Waals surface area contributed by atoms with Crippen LogP contribution in [0, 0.1) is 0 Å². The molecular formula is C17H17ClN2O. The summed E-state index contributed by atoms with van der Waals surface area (Å²) >= 11 is 5.97. The zero-order chi connectivity index (χ0) is 15.0. The highest BCUT2D eigenvalue weighted by molar-refractivity contribution is 6.31. The van der Waals surface area contributed by atoms with Crippen LogP contribution < -0.4 is 10.6 Å². The number of benzene rings is 2. The molecule has 1 aliphatic heterocycles. The van der Waals surface area contributed by atoms with Crippen LogP contribution >= 0.6 is 11.6 Å². The Labute approximate surface area is 129 Å². The summed E-state index contributed by atoms with van der Waals surface area (Å²) in [5.41, 5.74) is 9.79. The van der Waals surface area contributed by atoms with Crippen LogP contribution in [0.1, 0.15) is 34.5 Å². The fourth-order valence-electron chi connectivity index (χ4n) is 2.69. The van der Waals surface area contributed by atoms with Crippen LogP contribution in [-0.4, -0.2) is 12.5 Å². The summed E-state index contributed by atoms with van der Waals surface area (Å²) in [6.45, 7) is 2.66. The highest BCUT2D eigenvalue weighted by atomic mass is 35.5.